The summed E-state index contributed by atoms with van der Waals surface area (Å²) in [6.07, 6.45) is 1.63. The van der Waals surface area contributed by atoms with E-state index in [4.69, 9.17) is 16.3 Å². The molecule has 0 fully saturated rings. The van der Waals surface area contributed by atoms with Gasteiger partial charge in [0.15, 0.2) is 0 Å². The summed E-state index contributed by atoms with van der Waals surface area (Å²) in [5.41, 5.74) is -0.419. The van der Waals surface area contributed by atoms with Gasteiger partial charge in [0.1, 0.15) is 16.9 Å². The lowest BCUT2D eigenvalue weighted by molar-refractivity contribution is -0.385. The fourth-order valence-corrected chi connectivity index (χ4v) is 1.65. The second-order valence-electron chi connectivity index (χ2n) is 3.85. The molecule has 104 valence electrons. The Morgan fingerprint density at radius 2 is 2.32 bits per heavy atom. The van der Waals surface area contributed by atoms with Crippen LogP contribution in [-0.4, -0.2) is 48.0 Å². The van der Waals surface area contributed by atoms with Gasteiger partial charge in [-0.05, 0) is 12.5 Å². The molecule has 0 unspecified atom stereocenters. The van der Waals surface area contributed by atoms with Crippen LogP contribution >= 0.6 is 11.6 Å². The molecule has 0 aliphatic rings. The Bertz CT molecular complexity index is 481. The minimum absolute atomic E-state index is 0.0410. The van der Waals surface area contributed by atoms with Gasteiger partial charge in [-0.3, -0.25) is 14.9 Å². The summed E-state index contributed by atoms with van der Waals surface area (Å²) in [5.74, 6) is -0.466. The zero-order chi connectivity index (χ0) is 14.4. The monoisotopic (exact) mass is 287 g/mol. The molecule has 0 atom stereocenters. The highest BCUT2D eigenvalue weighted by Gasteiger charge is 2.23. The molecule has 0 aliphatic heterocycles. The Labute approximate surface area is 115 Å². The molecule has 0 aliphatic carbocycles. The van der Waals surface area contributed by atoms with E-state index in [0.29, 0.717) is 19.6 Å². The number of aromatic nitrogens is 1. The molecule has 0 bridgehead atoms. The van der Waals surface area contributed by atoms with Crippen molar-refractivity contribution >= 4 is 23.2 Å². The molecule has 7 nitrogen and oxygen atoms in total. The van der Waals surface area contributed by atoms with Crippen LogP contribution in [0.25, 0.3) is 0 Å². The fourth-order valence-electron chi connectivity index (χ4n) is 1.49. The molecule has 0 aromatic carbocycles. The number of nitrogens with zero attached hydrogens (tertiary/aromatic N) is 3. The van der Waals surface area contributed by atoms with Gasteiger partial charge in [0.25, 0.3) is 11.6 Å². The summed E-state index contributed by atoms with van der Waals surface area (Å²) in [7, 11) is 3.13. The summed E-state index contributed by atoms with van der Waals surface area (Å²) < 4.78 is 4.88. The summed E-state index contributed by atoms with van der Waals surface area (Å²) in [6.45, 7) is 0.945. The van der Waals surface area contributed by atoms with E-state index in [1.165, 1.54) is 11.0 Å². The number of amides is 1. The molecule has 1 aromatic heterocycles. The average Bonchev–Trinajstić information content (AvgIpc) is 2.37. The number of carbonyl (C=O) groups is 1. The summed E-state index contributed by atoms with van der Waals surface area (Å²) in [4.78, 5) is 27.3. The second-order valence-corrected chi connectivity index (χ2v) is 4.24. The molecule has 0 spiro atoms. The van der Waals surface area contributed by atoms with E-state index < -0.39 is 10.8 Å². The minimum Gasteiger partial charge on any atom is -0.385 e. The number of halogens is 1. The lowest BCUT2D eigenvalue weighted by Crippen LogP contribution is -2.29. The van der Waals surface area contributed by atoms with Crippen LogP contribution in [0, 0.1) is 10.1 Å². The standard InChI is InChI=1S/C11H14ClN3O4/c1-14(4-3-5-19-2)11(16)8-6-10(12)13-7-9(8)15(17)18/h6-7H,3-5H2,1-2H3. The van der Waals surface area contributed by atoms with Crippen molar-refractivity contribution in [3.8, 4) is 0 Å². The molecule has 1 heterocycles. The van der Waals surface area contributed by atoms with Crippen LogP contribution in [0.2, 0.25) is 5.15 Å². The lowest BCUT2D eigenvalue weighted by Gasteiger charge is -2.16. The second kappa shape index (κ2) is 7.01. The van der Waals surface area contributed by atoms with E-state index in [1.807, 2.05) is 0 Å². The van der Waals surface area contributed by atoms with Gasteiger partial charge in [-0.25, -0.2) is 4.98 Å². The van der Waals surface area contributed by atoms with Crippen LogP contribution in [0.4, 0.5) is 5.69 Å². The highest BCUT2D eigenvalue weighted by atomic mass is 35.5. The van der Waals surface area contributed by atoms with Gasteiger partial charge in [-0.15, -0.1) is 0 Å². The van der Waals surface area contributed by atoms with E-state index in [0.717, 1.165) is 6.20 Å². The van der Waals surface area contributed by atoms with Crippen molar-refractivity contribution in [2.45, 2.75) is 6.42 Å². The van der Waals surface area contributed by atoms with E-state index in [9.17, 15) is 14.9 Å². The predicted octanol–water partition coefficient (Wildman–Crippen LogP) is 1.75. The number of ether oxygens (including phenoxy) is 1. The Hall–Kier alpha value is -1.73. The maximum absolute atomic E-state index is 12.1. The molecule has 0 radical (unpaired) electrons. The number of methoxy groups -OCH3 is 1. The predicted molar refractivity (Wildman–Crippen MR) is 69.4 cm³/mol. The van der Waals surface area contributed by atoms with Gasteiger partial charge in [0, 0.05) is 27.3 Å². The number of carbonyl (C=O) groups excluding carboxylic acids is 1. The molecule has 19 heavy (non-hydrogen) atoms. The Kier molecular flexibility index (Phi) is 5.65. The van der Waals surface area contributed by atoms with Crippen molar-refractivity contribution in [2.24, 2.45) is 0 Å². The maximum atomic E-state index is 12.1. The zero-order valence-electron chi connectivity index (χ0n) is 10.6. The van der Waals surface area contributed by atoms with Crippen molar-refractivity contribution < 1.29 is 14.5 Å². The number of hydrogen-bond donors (Lipinski definition) is 0. The first-order valence-electron chi connectivity index (χ1n) is 5.51. The molecule has 0 N–H and O–H groups in total. The third-order valence-electron chi connectivity index (χ3n) is 2.47. The Balaban J connectivity index is 2.91. The zero-order valence-corrected chi connectivity index (χ0v) is 11.4. The van der Waals surface area contributed by atoms with Gasteiger partial charge >= 0.3 is 0 Å². The first-order valence-corrected chi connectivity index (χ1v) is 5.89. The highest BCUT2D eigenvalue weighted by Crippen LogP contribution is 2.21. The number of nitro groups is 1. The third-order valence-corrected chi connectivity index (χ3v) is 2.67. The first-order chi connectivity index (χ1) is 8.97. The fraction of sp³-hybridized carbons (Fsp3) is 0.455. The minimum atomic E-state index is -0.653. The van der Waals surface area contributed by atoms with Crippen molar-refractivity contribution in [3.63, 3.8) is 0 Å². The molecule has 0 saturated heterocycles. The van der Waals surface area contributed by atoms with Crippen LogP contribution in [0.15, 0.2) is 12.3 Å². The van der Waals surface area contributed by atoms with Crippen molar-refractivity contribution in [1.82, 2.24) is 9.88 Å². The maximum Gasteiger partial charge on any atom is 0.300 e. The molecule has 0 saturated carbocycles. The van der Waals surface area contributed by atoms with Gasteiger partial charge in [0.05, 0.1) is 4.92 Å². The smallest absolute Gasteiger partial charge is 0.300 e. The van der Waals surface area contributed by atoms with Crippen LogP contribution in [0.5, 0.6) is 0 Å². The molecular formula is C11H14ClN3O4. The van der Waals surface area contributed by atoms with Crippen LogP contribution < -0.4 is 0 Å². The van der Waals surface area contributed by atoms with Crippen molar-refractivity contribution in [2.75, 3.05) is 27.3 Å². The Morgan fingerprint density at radius 1 is 1.63 bits per heavy atom. The SMILES string of the molecule is COCCCN(C)C(=O)c1cc(Cl)ncc1[N+](=O)[O-]. The number of hydrogen-bond acceptors (Lipinski definition) is 5. The van der Waals surface area contributed by atoms with Crippen LogP contribution in [0.3, 0.4) is 0 Å². The number of pyridine rings is 1. The topological polar surface area (TPSA) is 85.6 Å². The summed E-state index contributed by atoms with van der Waals surface area (Å²) >= 11 is 5.67. The van der Waals surface area contributed by atoms with E-state index in [1.54, 1.807) is 14.2 Å². The van der Waals surface area contributed by atoms with Gasteiger partial charge < -0.3 is 9.64 Å². The summed E-state index contributed by atoms with van der Waals surface area (Å²) in [6, 6.07) is 1.20. The van der Waals surface area contributed by atoms with Gasteiger partial charge in [-0.1, -0.05) is 11.6 Å². The molecule has 1 rings (SSSR count). The van der Waals surface area contributed by atoms with Gasteiger partial charge in [0.2, 0.25) is 0 Å². The van der Waals surface area contributed by atoms with E-state index >= 15 is 0 Å². The quantitative estimate of drug-likeness (QED) is 0.344. The highest BCUT2D eigenvalue weighted by molar-refractivity contribution is 6.29. The molecule has 1 aromatic rings. The van der Waals surface area contributed by atoms with Crippen molar-refractivity contribution in [1.29, 1.82) is 0 Å². The first kappa shape index (κ1) is 15.3. The largest absolute Gasteiger partial charge is 0.385 e. The van der Waals surface area contributed by atoms with Crippen molar-refractivity contribution in [3.05, 3.63) is 33.1 Å². The third kappa shape index (κ3) is 4.15. The van der Waals surface area contributed by atoms with Crippen LogP contribution in [0.1, 0.15) is 16.8 Å². The summed E-state index contributed by atoms with van der Waals surface area (Å²) in [5, 5.41) is 10.9. The average molecular weight is 288 g/mol. The van der Waals surface area contributed by atoms with E-state index in [-0.39, 0.29) is 16.4 Å². The normalized spacial score (nSPS) is 10.3. The van der Waals surface area contributed by atoms with E-state index in [2.05, 4.69) is 4.98 Å². The molecule has 1 amide bonds. The van der Waals surface area contributed by atoms with Crippen LogP contribution in [-0.2, 0) is 4.74 Å². The number of rotatable bonds is 6. The lowest BCUT2D eigenvalue weighted by atomic mass is 10.2. The molecular weight excluding hydrogens is 274 g/mol. The van der Waals surface area contributed by atoms with Gasteiger partial charge in [-0.2, -0.15) is 0 Å². The Morgan fingerprint density at radius 3 is 2.89 bits per heavy atom. The molecule has 8 heteroatoms.